The van der Waals surface area contributed by atoms with Crippen LogP contribution in [0.4, 0.5) is 5.69 Å². The fourth-order valence-electron chi connectivity index (χ4n) is 1.88. The molecule has 0 amide bonds. The van der Waals surface area contributed by atoms with E-state index in [1.807, 2.05) is 36.2 Å². The molecule has 19 heavy (non-hydrogen) atoms. The minimum Gasteiger partial charge on any atom is -0.478 e. The summed E-state index contributed by atoms with van der Waals surface area (Å²) in [6, 6.07) is 9.64. The van der Waals surface area contributed by atoms with Crippen molar-refractivity contribution in [2.75, 3.05) is 11.9 Å². The fraction of sp³-hybridized carbons (Fsp3) is 0.143. The van der Waals surface area contributed by atoms with Gasteiger partial charge in [-0.25, -0.2) is 4.79 Å². The number of halogens is 1. The van der Waals surface area contributed by atoms with Gasteiger partial charge in [0.15, 0.2) is 0 Å². The number of hydrogen-bond acceptors (Lipinski definition) is 3. The highest BCUT2D eigenvalue weighted by Gasteiger charge is 2.13. The lowest BCUT2D eigenvalue weighted by molar-refractivity contribution is 0.0697. The van der Waals surface area contributed by atoms with Crippen molar-refractivity contribution in [2.24, 2.45) is 0 Å². The maximum absolute atomic E-state index is 11.2. The number of benzene rings is 1. The van der Waals surface area contributed by atoms with Crippen molar-refractivity contribution in [1.29, 1.82) is 0 Å². The Balaban J connectivity index is 2.25. The molecule has 98 valence electrons. The number of rotatable bonds is 4. The van der Waals surface area contributed by atoms with Crippen LogP contribution in [-0.2, 0) is 6.54 Å². The molecule has 0 spiro atoms. The smallest absolute Gasteiger partial charge is 0.339 e. The first-order valence-electron chi connectivity index (χ1n) is 5.71. The Kier molecular flexibility index (Phi) is 4.16. The molecule has 0 unspecified atom stereocenters. The topological polar surface area (TPSA) is 53.4 Å². The highest BCUT2D eigenvalue weighted by Crippen LogP contribution is 2.21. The lowest BCUT2D eigenvalue weighted by atomic mass is 10.1. The molecule has 0 fully saturated rings. The molecule has 0 aliphatic heterocycles. The summed E-state index contributed by atoms with van der Waals surface area (Å²) in [6.07, 6.45) is 2.97. The van der Waals surface area contributed by atoms with E-state index >= 15 is 0 Å². The Hall–Kier alpha value is -1.88. The predicted octanol–water partition coefficient (Wildman–Crippen LogP) is 3.18. The minimum atomic E-state index is -0.968. The van der Waals surface area contributed by atoms with Gasteiger partial charge in [0.05, 0.1) is 5.69 Å². The Labute approximate surface area is 119 Å². The molecule has 5 heteroatoms. The molecule has 1 aromatic heterocycles. The zero-order valence-electron chi connectivity index (χ0n) is 10.4. The van der Waals surface area contributed by atoms with Crippen molar-refractivity contribution < 1.29 is 9.90 Å². The van der Waals surface area contributed by atoms with Crippen molar-refractivity contribution in [1.82, 2.24) is 4.98 Å². The first-order chi connectivity index (χ1) is 9.08. The average Bonchev–Trinajstić information content (AvgIpc) is 2.38. The molecule has 1 aromatic carbocycles. The lowest BCUT2D eigenvalue weighted by Gasteiger charge is -2.21. The molecule has 1 N–H and O–H groups in total. The Morgan fingerprint density at radius 2 is 2.21 bits per heavy atom. The van der Waals surface area contributed by atoms with Crippen LogP contribution in [0.3, 0.4) is 0 Å². The van der Waals surface area contributed by atoms with Crippen LogP contribution in [0.1, 0.15) is 15.9 Å². The fourth-order valence-corrected chi connectivity index (χ4v) is 2.33. The standard InChI is InChI=1S/C14H13BrN2O2/c1-17(9-10-3-2-4-11(15)7-10)13-5-6-16-8-12(13)14(18)19/h2-8H,9H2,1H3,(H,18,19). The van der Waals surface area contributed by atoms with E-state index in [4.69, 9.17) is 5.11 Å². The molecular formula is C14H13BrN2O2. The number of carbonyl (C=O) groups is 1. The summed E-state index contributed by atoms with van der Waals surface area (Å²) >= 11 is 3.42. The van der Waals surface area contributed by atoms with Crippen molar-refractivity contribution in [3.05, 3.63) is 58.3 Å². The number of aromatic carboxylic acids is 1. The number of carboxylic acid groups (broad SMARTS) is 1. The summed E-state index contributed by atoms with van der Waals surface area (Å²) in [7, 11) is 1.86. The van der Waals surface area contributed by atoms with E-state index in [0.717, 1.165) is 10.0 Å². The molecule has 1 heterocycles. The highest BCUT2D eigenvalue weighted by molar-refractivity contribution is 9.10. The summed E-state index contributed by atoms with van der Waals surface area (Å²) in [5.74, 6) is -0.968. The lowest BCUT2D eigenvalue weighted by Crippen LogP contribution is -2.19. The van der Waals surface area contributed by atoms with Gasteiger partial charge in [-0.05, 0) is 23.8 Å². The van der Waals surface area contributed by atoms with Crippen LogP contribution in [-0.4, -0.2) is 23.1 Å². The second-order valence-corrected chi connectivity index (χ2v) is 5.10. The molecular weight excluding hydrogens is 308 g/mol. The number of pyridine rings is 1. The van der Waals surface area contributed by atoms with Gasteiger partial charge in [-0.2, -0.15) is 0 Å². The number of anilines is 1. The maximum Gasteiger partial charge on any atom is 0.339 e. The van der Waals surface area contributed by atoms with Crippen LogP contribution in [0, 0.1) is 0 Å². The molecule has 0 bridgehead atoms. The van der Waals surface area contributed by atoms with E-state index in [1.165, 1.54) is 6.20 Å². The maximum atomic E-state index is 11.2. The summed E-state index contributed by atoms with van der Waals surface area (Å²) < 4.78 is 1.01. The quantitative estimate of drug-likeness (QED) is 0.940. The van der Waals surface area contributed by atoms with E-state index in [0.29, 0.717) is 12.2 Å². The molecule has 0 saturated carbocycles. The molecule has 2 aromatic rings. The van der Waals surface area contributed by atoms with Gasteiger partial charge in [-0.3, -0.25) is 4.98 Å². The van der Waals surface area contributed by atoms with E-state index in [2.05, 4.69) is 20.9 Å². The van der Waals surface area contributed by atoms with E-state index in [9.17, 15) is 4.79 Å². The Bertz CT molecular complexity index is 602. The van der Waals surface area contributed by atoms with Crippen LogP contribution in [0.15, 0.2) is 47.2 Å². The average molecular weight is 321 g/mol. The van der Waals surface area contributed by atoms with E-state index in [1.54, 1.807) is 12.3 Å². The van der Waals surface area contributed by atoms with Crippen molar-refractivity contribution in [3.8, 4) is 0 Å². The van der Waals surface area contributed by atoms with Gasteiger partial charge in [-0.1, -0.05) is 28.1 Å². The number of nitrogens with zero attached hydrogens (tertiary/aromatic N) is 2. The molecule has 0 saturated heterocycles. The molecule has 0 aliphatic carbocycles. The van der Waals surface area contributed by atoms with Gasteiger partial charge >= 0.3 is 5.97 Å². The predicted molar refractivity (Wildman–Crippen MR) is 77.4 cm³/mol. The number of aromatic nitrogens is 1. The molecule has 0 radical (unpaired) electrons. The van der Waals surface area contributed by atoms with Gasteiger partial charge in [0.25, 0.3) is 0 Å². The zero-order valence-corrected chi connectivity index (χ0v) is 12.0. The monoisotopic (exact) mass is 320 g/mol. The summed E-state index contributed by atoms with van der Waals surface area (Å²) in [5, 5.41) is 9.15. The SMILES string of the molecule is CN(Cc1cccc(Br)c1)c1ccncc1C(=O)O. The second-order valence-electron chi connectivity index (χ2n) is 4.18. The van der Waals surface area contributed by atoms with Crippen LogP contribution in [0.25, 0.3) is 0 Å². The normalized spacial score (nSPS) is 10.2. The van der Waals surface area contributed by atoms with E-state index in [-0.39, 0.29) is 5.56 Å². The summed E-state index contributed by atoms with van der Waals surface area (Å²) in [5.41, 5.74) is 1.97. The van der Waals surface area contributed by atoms with Crippen molar-refractivity contribution in [3.63, 3.8) is 0 Å². The Morgan fingerprint density at radius 3 is 2.89 bits per heavy atom. The largest absolute Gasteiger partial charge is 0.478 e. The Morgan fingerprint density at radius 1 is 1.42 bits per heavy atom. The molecule has 4 nitrogen and oxygen atoms in total. The molecule has 0 aliphatic rings. The van der Waals surface area contributed by atoms with Gasteiger partial charge < -0.3 is 10.0 Å². The molecule has 0 atom stereocenters. The highest BCUT2D eigenvalue weighted by atomic mass is 79.9. The van der Waals surface area contributed by atoms with Crippen molar-refractivity contribution >= 4 is 27.6 Å². The van der Waals surface area contributed by atoms with Gasteiger partial charge in [-0.15, -0.1) is 0 Å². The van der Waals surface area contributed by atoms with Gasteiger partial charge in [0, 0.05) is 30.5 Å². The second kappa shape index (κ2) is 5.84. The van der Waals surface area contributed by atoms with Gasteiger partial charge in [0.2, 0.25) is 0 Å². The van der Waals surface area contributed by atoms with Crippen LogP contribution >= 0.6 is 15.9 Å². The zero-order chi connectivity index (χ0) is 13.8. The van der Waals surface area contributed by atoms with Gasteiger partial charge in [0.1, 0.15) is 5.56 Å². The van der Waals surface area contributed by atoms with Crippen LogP contribution < -0.4 is 4.90 Å². The van der Waals surface area contributed by atoms with E-state index < -0.39 is 5.97 Å². The van der Waals surface area contributed by atoms with Crippen molar-refractivity contribution in [2.45, 2.75) is 6.54 Å². The number of hydrogen-bond donors (Lipinski definition) is 1. The summed E-state index contributed by atoms with van der Waals surface area (Å²) in [4.78, 5) is 16.9. The minimum absolute atomic E-state index is 0.208. The number of carboxylic acids is 1. The third-order valence-electron chi connectivity index (χ3n) is 2.75. The molecule has 2 rings (SSSR count). The van der Waals surface area contributed by atoms with Crippen LogP contribution in [0.2, 0.25) is 0 Å². The first kappa shape index (κ1) is 13.5. The summed E-state index contributed by atoms with van der Waals surface area (Å²) in [6.45, 7) is 0.629. The third-order valence-corrected chi connectivity index (χ3v) is 3.24. The van der Waals surface area contributed by atoms with Crippen LogP contribution in [0.5, 0.6) is 0 Å². The third kappa shape index (κ3) is 3.32. The first-order valence-corrected chi connectivity index (χ1v) is 6.50.